The minimum atomic E-state index is -0.487. The average molecular weight is 556 g/mol. The molecule has 0 fully saturated rings. The van der Waals surface area contributed by atoms with Crippen LogP contribution in [0, 0.1) is 5.92 Å². The third-order valence-electron chi connectivity index (χ3n) is 6.85. The van der Waals surface area contributed by atoms with E-state index in [-0.39, 0.29) is 47.8 Å². The van der Waals surface area contributed by atoms with E-state index in [9.17, 15) is 14.4 Å². The van der Waals surface area contributed by atoms with Crippen LogP contribution in [0.3, 0.4) is 0 Å². The molecule has 7 heteroatoms. The van der Waals surface area contributed by atoms with Gasteiger partial charge in [-0.05, 0) is 53.5 Å². The second kappa shape index (κ2) is 11.5. The Morgan fingerprint density at radius 3 is 2.23 bits per heavy atom. The Bertz CT molecular complexity index is 1610. The maximum atomic E-state index is 14.1. The van der Waals surface area contributed by atoms with Crippen molar-refractivity contribution >= 4 is 45.8 Å². The number of esters is 1. The van der Waals surface area contributed by atoms with E-state index >= 15 is 0 Å². The van der Waals surface area contributed by atoms with Crippen LogP contribution in [0.4, 0.5) is 5.69 Å². The highest BCUT2D eigenvalue weighted by Gasteiger charge is 2.43. The van der Waals surface area contributed by atoms with Crippen LogP contribution in [0.25, 0.3) is 10.8 Å². The summed E-state index contributed by atoms with van der Waals surface area (Å²) in [6.45, 7) is 6.43. The zero-order chi connectivity index (χ0) is 28.4. The molecular formula is C33H30ClNO5. The zero-order valence-corrected chi connectivity index (χ0v) is 23.5. The lowest BCUT2D eigenvalue weighted by Crippen LogP contribution is -2.30. The fourth-order valence-corrected chi connectivity index (χ4v) is 5.46. The lowest BCUT2D eigenvalue weighted by molar-refractivity contribution is -0.142. The highest BCUT2D eigenvalue weighted by Crippen LogP contribution is 2.44. The van der Waals surface area contributed by atoms with Gasteiger partial charge in [-0.2, -0.15) is 0 Å². The first-order chi connectivity index (χ1) is 19.3. The number of carbonyl (C=O) groups excluding carboxylic acids is 3. The van der Waals surface area contributed by atoms with Gasteiger partial charge in [0, 0.05) is 5.39 Å². The first-order valence-corrected chi connectivity index (χ1v) is 13.7. The molecular weight excluding hydrogens is 526 g/mol. The molecule has 4 aromatic carbocycles. The van der Waals surface area contributed by atoms with E-state index in [0.717, 1.165) is 26.8 Å². The summed E-state index contributed by atoms with van der Waals surface area (Å²) in [6.07, 6.45) is 0.651. The minimum Gasteiger partial charge on any atom is -0.487 e. The summed E-state index contributed by atoms with van der Waals surface area (Å²) in [4.78, 5) is 41.3. The monoisotopic (exact) mass is 555 g/mol. The van der Waals surface area contributed by atoms with Crippen LogP contribution in [0.1, 0.15) is 58.2 Å². The second-order valence-electron chi connectivity index (χ2n) is 10.2. The Morgan fingerprint density at radius 2 is 1.55 bits per heavy atom. The number of anilines is 1. The fraction of sp³-hybridized carbons (Fsp3) is 0.242. The molecule has 6 nitrogen and oxygen atoms in total. The van der Waals surface area contributed by atoms with Crippen LogP contribution < -0.4 is 9.64 Å². The molecule has 0 radical (unpaired) electrons. The Labute approximate surface area is 238 Å². The lowest BCUT2D eigenvalue weighted by atomic mass is 9.89. The Hall–Kier alpha value is -4.16. The van der Waals surface area contributed by atoms with Gasteiger partial charge in [-0.3, -0.25) is 14.4 Å². The van der Waals surface area contributed by atoms with E-state index in [4.69, 9.17) is 21.1 Å². The molecule has 1 aliphatic rings. The molecule has 0 aliphatic carbocycles. The summed E-state index contributed by atoms with van der Waals surface area (Å²) >= 11 is 6.62. The summed E-state index contributed by atoms with van der Waals surface area (Å²) in [7, 11) is 0. The molecule has 1 aliphatic heterocycles. The molecule has 2 amide bonds. The molecule has 40 heavy (non-hydrogen) atoms. The largest absolute Gasteiger partial charge is 0.487 e. The number of amides is 2. The van der Waals surface area contributed by atoms with E-state index in [1.807, 2.05) is 54.6 Å². The standard InChI is InChI=1S/C33H30ClNO5/c1-4-39-28(36)18-22-14-15-27(26(34)17-22)35-32(37)29-25(16-20(2)3)23-12-8-9-13-24(23)31(30(29)33(35)38)40-19-21-10-6-5-7-11-21/h5-15,17,20H,4,16,18-19H2,1-3H3. The number of imide groups is 1. The molecule has 0 spiro atoms. The molecule has 0 bridgehead atoms. The maximum Gasteiger partial charge on any atom is 0.310 e. The predicted octanol–water partition coefficient (Wildman–Crippen LogP) is 7.18. The van der Waals surface area contributed by atoms with Gasteiger partial charge in [-0.1, -0.05) is 86.1 Å². The van der Waals surface area contributed by atoms with Gasteiger partial charge in [0.25, 0.3) is 11.8 Å². The average Bonchev–Trinajstić information content (AvgIpc) is 3.18. The van der Waals surface area contributed by atoms with Crippen LogP contribution in [-0.2, 0) is 29.0 Å². The Kier molecular flexibility index (Phi) is 7.90. The fourth-order valence-electron chi connectivity index (χ4n) is 5.17. The number of nitrogens with zero attached hydrogens (tertiary/aromatic N) is 1. The quantitative estimate of drug-likeness (QED) is 0.162. The highest BCUT2D eigenvalue weighted by molar-refractivity contribution is 6.41. The SMILES string of the molecule is CCOC(=O)Cc1ccc(N2C(=O)c3c(c(OCc4ccccc4)c4ccccc4c3CC(C)C)C2=O)c(Cl)c1. The van der Waals surface area contributed by atoms with E-state index in [0.29, 0.717) is 23.3 Å². The van der Waals surface area contributed by atoms with Crippen molar-refractivity contribution in [2.45, 2.75) is 40.2 Å². The minimum absolute atomic E-state index is 0.0390. The molecule has 0 saturated carbocycles. The van der Waals surface area contributed by atoms with Gasteiger partial charge in [-0.15, -0.1) is 0 Å². The number of hydrogen-bond donors (Lipinski definition) is 0. The summed E-state index contributed by atoms with van der Waals surface area (Å²) in [6, 6.07) is 22.3. The first-order valence-electron chi connectivity index (χ1n) is 13.4. The van der Waals surface area contributed by atoms with Crippen molar-refractivity contribution in [3.8, 4) is 5.75 Å². The van der Waals surface area contributed by atoms with Gasteiger partial charge >= 0.3 is 5.97 Å². The van der Waals surface area contributed by atoms with Gasteiger partial charge in [0.1, 0.15) is 12.4 Å². The van der Waals surface area contributed by atoms with Crippen molar-refractivity contribution in [2.75, 3.05) is 11.5 Å². The summed E-state index contributed by atoms with van der Waals surface area (Å²) in [5.41, 5.74) is 3.26. The maximum absolute atomic E-state index is 14.1. The van der Waals surface area contributed by atoms with Crippen molar-refractivity contribution in [3.63, 3.8) is 0 Å². The number of ether oxygens (including phenoxy) is 2. The lowest BCUT2D eigenvalue weighted by Gasteiger charge is -2.18. The number of halogens is 1. The predicted molar refractivity (Wildman–Crippen MR) is 156 cm³/mol. The van der Waals surface area contributed by atoms with E-state index in [2.05, 4.69) is 13.8 Å². The molecule has 5 rings (SSSR count). The summed E-state index contributed by atoms with van der Waals surface area (Å²) < 4.78 is 11.4. The molecule has 1 heterocycles. The van der Waals surface area contributed by atoms with Gasteiger partial charge in [0.15, 0.2) is 0 Å². The van der Waals surface area contributed by atoms with Crippen molar-refractivity contribution in [3.05, 3.63) is 106 Å². The molecule has 0 saturated heterocycles. The first kappa shape index (κ1) is 27.4. The zero-order valence-electron chi connectivity index (χ0n) is 22.7. The van der Waals surface area contributed by atoms with Crippen LogP contribution in [0.2, 0.25) is 5.02 Å². The molecule has 4 aromatic rings. The molecule has 0 aromatic heterocycles. The molecule has 0 N–H and O–H groups in total. The Morgan fingerprint density at radius 1 is 0.875 bits per heavy atom. The molecule has 0 atom stereocenters. The van der Waals surface area contributed by atoms with Gasteiger partial charge < -0.3 is 9.47 Å². The van der Waals surface area contributed by atoms with Crippen LogP contribution in [0.5, 0.6) is 5.75 Å². The van der Waals surface area contributed by atoms with Gasteiger partial charge in [0.2, 0.25) is 0 Å². The third-order valence-corrected chi connectivity index (χ3v) is 7.16. The number of hydrogen-bond acceptors (Lipinski definition) is 5. The van der Waals surface area contributed by atoms with Crippen LogP contribution in [-0.4, -0.2) is 24.4 Å². The number of fused-ring (bicyclic) bond motifs is 2. The van der Waals surface area contributed by atoms with E-state index in [1.54, 1.807) is 25.1 Å². The van der Waals surface area contributed by atoms with E-state index < -0.39 is 11.8 Å². The molecule has 204 valence electrons. The van der Waals surface area contributed by atoms with Crippen molar-refractivity contribution in [1.29, 1.82) is 0 Å². The topological polar surface area (TPSA) is 72.9 Å². The van der Waals surface area contributed by atoms with Crippen molar-refractivity contribution in [2.24, 2.45) is 5.92 Å². The van der Waals surface area contributed by atoms with E-state index in [1.165, 1.54) is 0 Å². The Balaban J connectivity index is 1.63. The number of carbonyl (C=O) groups is 3. The third kappa shape index (κ3) is 5.19. The number of rotatable bonds is 9. The summed E-state index contributed by atoms with van der Waals surface area (Å²) in [5, 5.41) is 1.86. The van der Waals surface area contributed by atoms with Crippen LogP contribution in [0.15, 0.2) is 72.8 Å². The normalized spacial score (nSPS) is 12.8. The van der Waals surface area contributed by atoms with Crippen molar-refractivity contribution < 1.29 is 23.9 Å². The summed E-state index contributed by atoms with van der Waals surface area (Å²) in [5.74, 6) is -0.675. The van der Waals surface area contributed by atoms with Crippen molar-refractivity contribution in [1.82, 2.24) is 0 Å². The van der Waals surface area contributed by atoms with Gasteiger partial charge in [-0.25, -0.2) is 4.90 Å². The smallest absolute Gasteiger partial charge is 0.310 e. The second-order valence-corrected chi connectivity index (χ2v) is 10.6. The van der Waals surface area contributed by atoms with Crippen LogP contribution >= 0.6 is 11.6 Å². The molecule has 0 unspecified atom stereocenters. The number of benzene rings is 4. The van der Waals surface area contributed by atoms with Gasteiger partial charge in [0.05, 0.1) is 34.9 Å². The highest BCUT2D eigenvalue weighted by atomic mass is 35.5.